The molecule has 1 amide bonds. The molecule has 28 heavy (non-hydrogen) atoms. The summed E-state index contributed by atoms with van der Waals surface area (Å²) in [6.07, 6.45) is 8.37. The molecule has 2 aromatic carbocycles. The minimum absolute atomic E-state index is 0.0412. The number of hydrogen-bond acceptors (Lipinski definition) is 2. The van der Waals surface area contributed by atoms with Crippen molar-refractivity contribution in [1.82, 2.24) is 4.90 Å². The first-order valence-electron chi connectivity index (χ1n) is 10.9. The molecule has 1 N–H and O–H groups in total. The molecule has 3 nitrogen and oxygen atoms in total. The maximum Gasteiger partial charge on any atom is 0.228 e. The number of rotatable bonds is 6. The lowest BCUT2D eigenvalue weighted by Crippen LogP contribution is -2.37. The molecule has 2 aromatic rings. The van der Waals surface area contributed by atoms with Gasteiger partial charge in [0, 0.05) is 17.8 Å². The van der Waals surface area contributed by atoms with Crippen LogP contribution in [0.15, 0.2) is 54.6 Å². The van der Waals surface area contributed by atoms with E-state index in [-0.39, 0.29) is 5.91 Å². The van der Waals surface area contributed by atoms with Crippen LogP contribution in [0.2, 0.25) is 0 Å². The van der Waals surface area contributed by atoms with E-state index in [0.29, 0.717) is 12.3 Å². The summed E-state index contributed by atoms with van der Waals surface area (Å²) in [5.74, 6) is 0.705. The summed E-state index contributed by atoms with van der Waals surface area (Å²) in [4.78, 5) is 15.0. The SMILES string of the molecule is CC[C@H]1CCCN1[C@H]1CC[C@H](c2ccc(NC(=O)Cc3ccccc3)cc2)C1. The van der Waals surface area contributed by atoms with Gasteiger partial charge in [-0.2, -0.15) is 0 Å². The molecule has 1 saturated carbocycles. The Balaban J connectivity index is 1.31. The van der Waals surface area contributed by atoms with E-state index in [0.717, 1.165) is 23.3 Å². The molecule has 1 aliphatic heterocycles. The molecule has 0 radical (unpaired) electrons. The topological polar surface area (TPSA) is 32.3 Å². The fourth-order valence-electron chi connectivity index (χ4n) is 5.16. The number of amides is 1. The maximum atomic E-state index is 12.3. The number of nitrogens with zero attached hydrogens (tertiary/aromatic N) is 1. The first-order valence-corrected chi connectivity index (χ1v) is 10.9. The third kappa shape index (κ3) is 4.47. The Kier molecular flexibility index (Phi) is 6.11. The minimum atomic E-state index is 0.0412. The highest BCUT2D eigenvalue weighted by molar-refractivity contribution is 5.92. The van der Waals surface area contributed by atoms with Gasteiger partial charge < -0.3 is 5.32 Å². The summed E-state index contributed by atoms with van der Waals surface area (Å²) >= 11 is 0. The third-order valence-electron chi connectivity index (χ3n) is 6.64. The van der Waals surface area contributed by atoms with Crippen molar-refractivity contribution >= 4 is 11.6 Å². The highest BCUT2D eigenvalue weighted by Crippen LogP contribution is 2.39. The molecule has 3 heteroatoms. The van der Waals surface area contributed by atoms with Crippen LogP contribution < -0.4 is 5.32 Å². The van der Waals surface area contributed by atoms with Crippen molar-refractivity contribution in [2.75, 3.05) is 11.9 Å². The van der Waals surface area contributed by atoms with Crippen molar-refractivity contribution in [3.63, 3.8) is 0 Å². The van der Waals surface area contributed by atoms with Crippen molar-refractivity contribution in [2.45, 2.75) is 69.9 Å². The predicted molar refractivity (Wildman–Crippen MR) is 116 cm³/mol. The van der Waals surface area contributed by atoms with Crippen LogP contribution in [0, 0.1) is 0 Å². The zero-order chi connectivity index (χ0) is 19.3. The number of nitrogens with one attached hydrogen (secondary N) is 1. The summed E-state index contributed by atoms with van der Waals surface area (Å²) in [5.41, 5.74) is 3.36. The lowest BCUT2D eigenvalue weighted by Gasteiger charge is -2.30. The molecule has 0 bridgehead atoms. The number of anilines is 1. The molecule has 2 fully saturated rings. The molecule has 1 heterocycles. The van der Waals surface area contributed by atoms with Gasteiger partial charge in [0.05, 0.1) is 6.42 Å². The molecular weight excluding hydrogens is 344 g/mol. The van der Waals surface area contributed by atoms with Gasteiger partial charge in [-0.1, -0.05) is 49.4 Å². The van der Waals surface area contributed by atoms with Crippen LogP contribution in [-0.4, -0.2) is 29.4 Å². The van der Waals surface area contributed by atoms with E-state index in [9.17, 15) is 4.79 Å². The van der Waals surface area contributed by atoms with E-state index in [4.69, 9.17) is 0 Å². The molecule has 0 unspecified atom stereocenters. The monoisotopic (exact) mass is 376 g/mol. The Morgan fingerprint density at radius 1 is 1.04 bits per heavy atom. The van der Waals surface area contributed by atoms with Gasteiger partial charge in [-0.3, -0.25) is 9.69 Å². The summed E-state index contributed by atoms with van der Waals surface area (Å²) in [6.45, 7) is 3.63. The molecule has 1 aliphatic carbocycles. The second kappa shape index (κ2) is 8.91. The molecule has 4 rings (SSSR count). The maximum absolute atomic E-state index is 12.3. The molecule has 1 saturated heterocycles. The fraction of sp³-hybridized carbons (Fsp3) is 0.480. The number of hydrogen-bond donors (Lipinski definition) is 1. The van der Waals surface area contributed by atoms with Crippen LogP contribution >= 0.6 is 0 Å². The second-order valence-corrected chi connectivity index (χ2v) is 8.44. The van der Waals surface area contributed by atoms with Crippen molar-refractivity contribution < 1.29 is 4.79 Å². The van der Waals surface area contributed by atoms with Crippen LogP contribution in [0.4, 0.5) is 5.69 Å². The molecule has 148 valence electrons. The van der Waals surface area contributed by atoms with E-state index in [2.05, 4.69) is 41.4 Å². The summed E-state index contributed by atoms with van der Waals surface area (Å²) in [6, 6.07) is 20.0. The van der Waals surface area contributed by atoms with Crippen molar-refractivity contribution in [2.24, 2.45) is 0 Å². The van der Waals surface area contributed by atoms with Gasteiger partial charge >= 0.3 is 0 Å². The highest BCUT2D eigenvalue weighted by atomic mass is 16.1. The zero-order valence-corrected chi connectivity index (χ0v) is 16.9. The van der Waals surface area contributed by atoms with Gasteiger partial charge in [-0.05, 0) is 74.2 Å². The van der Waals surface area contributed by atoms with Crippen LogP contribution in [-0.2, 0) is 11.2 Å². The third-order valence-corrected chi connectivity index (χ3v) is 6.64. The average Bonchev–Trinajstić information content (AvgIpc) is 3.38. The lowest BCUT2D eigenvalue weighted by molar-refractivity contribution is -0.115. The van der Waals surface area contributed by atoms with Crippen LogP contribution in [0.25, 0.3) is 0 Å². The van der Waals surface area contributed by atoms with Crippen LogP contribution in [0.5, 0.6) is 0 Å². The molecule has 0 aromatic heterocycles. The lowest BCUT2D eigenvalue weighted by atomic mass is 9.97. The van der Waals surface area contributed by atoms with Gasteiger partial charge in [0.15, 0.2) is 0 Å². The van der Waals surface area contributed by atoms with Crippen LogP contribution in [0.3, 0.4) is 0 Å². The number of likely N-dealkylation sites (tertiary alicyclic amines) is 1. The van der Waals surface area contributed by atoms with Crippen molar-refractivity contribution in [1.29, 1.82) is 0 Å². The first-order chi connectivity index (χ1) is 13.7. The second-order valence-electron chi connectivity index (χ2n) is 8.44. The number of carbonyl (C=O) groups is 1. The Morgan fingerprint density at radius 3 is 2.57 bits per heavy atom. The minimum Gasteiger partial charge on any atom is -0.326 e. The molecule has 3 atom stereocenters. The van der Waals surface area contributed by atoms with E-state index >= 15 is 0 Å². The fourth-order valence-corrected chi connectivity index (χ4v) is 5.16. The van der Waals surface area contributed by atoms with Crippen molar-refractivity contribution in [3.05, 3.63) is 65.7 Å². The number of benzene rings is 2. The van der Waals surface area contributed by atoms with Gasteiger partial charge in [-0.15, -0.1) is 0 Å². The average molecular weight is 377 g/mol. The van der Waals surface area contributed by atoms with E-state index in [1.807, 2.05) is 30.3 Å². The summed E-state index contributed by atoms with van der Waals surface area (Å²) in [7, 11) is 0. The van der Waals surface area contributed by atoms with E-state index in [1.54, 1.807) is 0 Å². The van der Waals surface area contributed by atoms with Crippen LogP contribution in [0.1, 0.15) is 62.5 Å². The van der Waals surface area contributed by atoms with Crippen molar-refractivity contribution in [3.8, 4) is 0 Å². The molecule has 0 spiro atoms. The predicted octanol–water partition coefficient (Wildman–Crippen LogP) is 5.38. The highest BCUT2D eigenvalue weighted by Gasteiger charge is 2.35. The largest absolute Gasteiger partial charge is 0.326 e. The molecule has 2 aliphatic rings. The summed E-state index contributed by atoms with van der Waals surface area (Å²) < 4.78 is 0. The normalized spacial score (nSPS) is 25.1. The smallest absolute Gasteiger partial charge is 0.228 e. The Bertz CT molecular complexity index is 771. The van der Waals surface area contributed by atoms with Gasteiger partial charge in [0.1, 0.15) is 0 Å². The zero-order valence-electron chi connectivity index (χ0n) is 16.9. The summed E-state index contributed by atoms with van der Waals surface area (Å²) in [5, 5.41) is 3.03. The standard InChI is InChI=1S/C25H32N2O/c1-2-23-9-6-16-27(23)24-15-12-21(18-24)20-10-13-22(14-11-20)26-25(28)17-19-7-4-3-5-8-19/h3-5,7-8,10-11,13-14,21,23-24H,2,6,9,12,15-18H2,1H3,(H,26,28)/t21-,23-,24-/m0/s1. The van der Waals surface area contributed by atoms with E-state index < -0.39 is 0 Å². The van der Waals surface area contributed by atoms with Gasteiger partial charge in [-0.25, -0.2) is 0 Å². The van der Waals surface area contributed by atoms with Gasteiger partial charge in [0.2, 0.25) is 5.91 Å². The Labute approximate surface area is 169 Å². The Morgan fingerprint density at radius 2 is 1.82 bits per heavy atom. The Hall–Kier alpha value is -2.13. The van der Waals surface area contributed by atoms with E-state index in [1.165, 1.54) is 50.6 Å². The van der Waals surface area contributed by atoms with Gasteiger partial charge in [0.25, 0.3) is 0 Å². The number of carbonyl (C=O) groups excluding carboxylic acids is 1. The first kappa shape index (κ1) is 19.2. The molecular formula is C25H32N2O. The quantitative estimate of drug-likeness (QED) is 0.734.